The summed E-state index contributed by atoms with van der Waals surface area (Å²) in [6, 6.07) is 1.84. The van der Waals surface area contributed by atoms with E-state index in [1.54, 1.807) is 17.8 Å². The summed E-state index contributed by atoms with van der Waals surface area (Å²) in [5, 5.41) is 0. The zero-order chi connectivity index (χ0) is 20.8. The Morgan fingerprint density at radius 3 is 2.59 bits per heavy atom. The summed E-state index contributed by atoms with van der Waals surface area (Å²) in [4.78, 5) is 25.3. The summed E-state index contributed by atoms with van der Waals surface area (Å²) in [6.45, 7) is 6.11. The van der Waals surface area contributed by atoms with E-state index in [4.69, 9.17) is 11.5 Å². The molecule has 1 saturated carbocycles. The number of nitrogen functional groups attached to an aromatic ring is 2. The SMILES string of the molecule is Cc1c(Sc2c(N)nc(N3CCC4(CCC(C)C4)CC3)n(C)c2=O)ccnc1N. The molecule has 7 nitrogen and oxygen atoms in total. The van der Waals surface area contributed by atoms with Crippen LogP contribution in [0.3, 0.4) is 0 Å². The molecule has 1 aliphatic heterocycles. The average Bonchev–Trinajstić information content (AvgIpc) is 3.06. The highest BCUT2D eigenvalue weighted by atomic mass is 32.2. The van der Waals surface area contributed by atoms with E-state index in [2.05, 4.69) is 21.8 Å². The summed E-state index contributed by atoms with van der Waals surface area (Å²) in [7, 11) is 1.78. The number of hydrogen-bond donors (Lipinski definition) is 2. The van der Waals surface area contributed by atoms with Crippen molar-refractivity contribution in [1.82, 2.24) is 14.5 Å². The molecule has 1 saturated heterocycles. The van der Waals surface area contributed by atoms with Crippen molar-refractivity contribution in [1.29, 1.82) is 0 Å². The number of pyridine rings is 1. The fraction of sp³-hybridized carbons (Fsp3) is 0.571. The number of rotatable bonds is 3. The van der Waals surface area contributed by atoms with Gasteiger partial charge in [0, 0.05) is 36.8 Å². The van der Waals surface area contributed by atoms with Crippen LogP contribution in [-0.4, -0.2) is 27.6 Å². The second-order valence-electron chi connectivity index (χ2n) is 8.75. The number of anilines is 3. The topological polar surface area (TPSA) is 103 Å². The molecule has 0 bridgehead atoms. The normalized spacial score (nSPS) is 21.1. The van der Waals surface area contributed by atoms with Gasteiger partial charge in [0.1, 0.15) is 16.5 Å². The first kappa shape index (κ1) is 20.1. The van der Waals surface area contributed by atoms with Crippen LogP contribution >= 0.6 is 11.8 Å². The smallest absolute Gasteiger partial charge is 0.270 e. The minimum absolute atomic E-state index is 0.123. The lowest BCUT2D eigenvalue weighted by Crippen LogP contribution is -2.42. The molecule has 2 aliphatic rings. The Balaban J connectivity index is 1.58. The fourth-order valence-corrected chi connectivity index (χ4v) is 5.83. The molecule has 8 heteroatoms. The number of nitrogens with zero attached hydrogens (tertiary/aromatic N) is 4. The third-order valence-corrected chi connectivity index (χ3v) is 7.96. The molecule has 0 amide bonds. The number of piperidine rings is 1. The van der Waals surface area contributed by atoms with E-state index in [1.807, 2.05) is 13.0 Å². The highest BCUT2D eigenvalue weighted by Crippen LogP contribution is 2.49. The van der Waals surface area contributed by atoms with E-state index in [-0.39, 0.29) is 11.4 Å². The van der Waals surface area contributed by atoms with Crippen molar-refractivity contribution in [3.63, 3.8) is 0 Å². The molecule has 1 aliphatic carbocycles. The zero-order valence-electron chi connectivity index (χ0n) is 17.4. The molecule has 2 aromatic rings. The van der Waals surface area contributed by atoms with Gasteiger partial charge in [0.05, 0.1) is 0 Å². The monoisotopic (exact) mass is 414 g/mol. The average molecular weight is 415 g/mol. The Morgan fingerprint density at radius 1 is 1.21 bits per heavy atom. The quantitative estimate of drug-likeness (QED) is 0.795. The van der Waals surface area contributed by atoms with Crippen LogP contribution in [0.4, 0.5) is 17.6 Å². The van der Waals surface area contributed by atoms with Gasteiger partial charge in [-0.2, -0.15) is 4.98 Å². The van der Waals surface area contributed by atoms with Crippen molar-refractivity contribution in [2.24, 2.45) is 18.4 Å². The van der Waals surface area contributed by atoms with Crippen LogP contribution in [0, 0.1) is 18.3 Å². The van der Waals surface area contributed by atoms with Gasteiger partial charge in [-0.15, -0.1) is 0 Å². The van der Waals surface area contributed by atoms with Crippen LogP contribution in [0.1, 0.15) is 44.6 Å². The van der Waals surface area contributed by atoms with Crippen molar-refractivity contribution in [3.8, 4) is 0 Å². The van der Waals surface area contributed by atoms with Gasteiger partial charge < -0.3 is 16.4 Å². The van der Waals surface area contributed by atoms with E-state index in [9.17, 15) is 4.79 Å². The molecule has 1 spiro atoms. The molecule has 4 rings (SSSR count). The molecule has 2 fully saturated rings. The lowest BCUT2D eigenvalue weighted by molar-refractivity contribution is 0.217. The summed E-state index contributed by atoms with van der Waals surface area (Å²) in [5.41, 5.74) is 13.4. The third-order valence-electron chi connectivity index (χ3n) is 6.71. The molecule has 1 unspecified atom stereocenters. The largest absolute Gasteiger partial charge is 0.383 e. The van der Waals surface area contributed by atoms with Gasteiger partial charge >= 0.3 is 0 Å². The summed E-state index contributed by atoms with van der Waals surface area (Å²) in [5.74, 6) is 2.24. The van der Waals surface area contributed by atoms with Gasteiger partial charge in [-0.3, -0.25) is 9.36 Å². The molecule has 3 heterocycles. The summed E-state index contributed by atoms with van der Waals surface area (Å²) < 4.78 is 1.63. The van der Waals surface area contributed by atoms with Gasteiger partial charge in [0.25, 0.3) is 5.56 Å². The first-order chi connectivity index (χ1) is 13.8. The number of hydrogen-bond acceptors (Lipinski definition) is 7. The Bertz CT molecular complexity index is 980. The fourth-order valence-electron chi connectivity index (χ4n) is 4.85. The first-order valence-corrected chi connectivity index (χ1v) is 11.1. The van der Waals surface area contributed by atoms with Crippen LogP contribution in [0.2, 0.25) is 0 Å². The molecule has 156 valence electrons. The van der Waals surface area contributed by atoms with Crippen LogP contribution < -0.4 is 21.9 Å². The van der Waals surface area contributed by atoms with Gasteiger partial charge in [0.15, 0.2) is 0 Å². The van der Waals surface area contributed by atoms with Gasteiger partial charge in [0.2, 0.25) is 5.95 Å². The van der Waals surface area contributed by atoms with Crippen molar-refractivity contribution in [2.75, 3.05) is 29.5 Å². The Morgan fingerprint density at radius 2 is 1.93 bits per heavy atom. The number of aromatic nitrogens is 3. The Hall–Kier alpha value is -2.22. The lowest BCUT2D eigenvalue weighted by atomic mass is 9.76. The lowest BCUT2D eigenvalue weighted by Gasteiger charge is -2.40. The molecule has 0 radical (unpaired) electrons. The van der Waals surface area contributed by atoms with Crippen LogP contribution in [-0.2, 0) is 7.05 Å². The van der Waals surface area contributed by atoms with Crippen molar-refractivity contribution in [2.45, 2.75) is 55.7 Å². The molecule has 29 heavy (non-hydrogen) atoms. The van der Waals surface area contributed by atoms with Crippen molar-refractivity contribution >= 4 is 29.3 Å². The van der Waals surface area contributed by atoms with E-state index >= 15 is 0 Å². The van der Waals surface area contributed by atoms with Crippen LogP contribution in [0.5, 0.6) is 0 Å². The molecule has 0 aromatic carbocycles. The van der Waals surface area contributed by atoms with E-state index in [0.29, 0.717) is 22.1 Å². The number of nitrogens with two attached hydrogens (primary N) is 2. The minimum atomic E-state index is -0.123. The van der Waals surface area contributed by atoms with E-state index < -0.39 is 0 Å². The highest BCUT2D eigenvalue weighted by molar-refractivity contribution is 7.99. The van der Waals surface area contributed by atoms with Gasteiger partial charge in [-0.05, 0) is 50.0 Å². The Labute approximate surface area is 175 Å². The molecule has 1 atom stereocenters. The molecule has 2 aromatic heterocycles. The standard InChI is InChI=1S/C21H30N6OS/c1-13-4-6-21(12-13)7-10-27(11-8-21)20-25-18(23)16(19(28)26(20)3)29-15-5-9-24-17(22)14(15)2/h5,9,13H,4,6-8,10-12,23H2,1-3H3,(H2,22,24). The first-order valence-electron chi connectivity index (χ1n) is 10.3. The maximum atomic E-state index is 13.1. The Kier molecular flexibility index (Phi) is 5.23. The van der Waals surface area contributed by atoms with Crippen molar-refractivity contribution in [3.05, 3.63) is 28.2 Å². The highest BCUT2D eigenvalue weighted by Gasteiger charge is 2.40. The van der Waals surface area contributed by atoms with E-state index in [0.717, 1.165) is 29.5 Å². The maximum absolute atomic E-state index is 13.1. The van der Waals surface area contributed by atoms with Gasteiger partial charge in [-0.1, -0.05) is 25.1 Å². The zero-order valence-corrected chi connectivity index (χ0v) is 18.3. The van der Waals surface area contributed by atoms with Crippen LogP contribution in [0.15, 0.2) is 26.8 Å². The molecule has 4 N–H and O–H groups in total. The van der Waals surface area contributed by atoms with Crippen molar-refractivity contribution < 1.29 is 0 Å². The molecular weight excluding hydrogens is 384 g/mol. The summed E-state index contributed by atoms with van der Waals surface area (Å²) >= 11 is 1.31. The minimum Gasteiger partial charge on any atom is -0.383 e. The predicted octanol–water partition coefficient (Wildman–Crippen LogP) is 3.21. The second kappa shape index (κ2) is 7.55. The van der Waals surface area contributed by atoms with E-state index in [1.165, 1.54) is 43.9 Å². The van der Waals surface area contributed by atoms with Crippen LogP contribution in [0.25, 0.3) is 0 Å². The third kappa shape index (κ3) is 3.70. The molecular formula is C21H30N6OS. The maximum Gasteiger partial charge on any atom is 0.270 e. The summed E-state index contributed by atoms with van der Waals surface area (Å²) in [6.07, 6.45) is 7.98. The van der Waals surface area contributed by atoms with Gasteiger partial charge in [-0.25, -0.2) is 4.98 Å². The second-order valence-corrected chi connectivity index (χ2v) is 9.80. The predicted molar refractivity (Wildman–Crippen MR) is 118 cm³/mol.